The van der Waals surface area contributed by atoms with E-state index >= 15 is 0 Å². The van der Waals surface area contributed by atoms with Crippen LogP contribution in [0.5, 0.6) is 0 Å². The Bertz CT molecular complexity index is 1240. The summed E-state index contributed by atoms with van der Waals surface area (Å²) in [6.45, 7) is 5.72. The zero-order valence-corrected chi connectivity index (χ0v) is 22.2. The molecule has 1 unspecified atom stereocenters. The van der Waals surface area contributed by atoms with E-state index in [0.717, 1.165) is 54.2 Å². The van der Waals surface area contributed by atoms with Crippen LogP contribution in [0.4, 0.5) is 11.5 Å². The number of carbonyl (C=O) groups excluding carboxylic acids is 2. The molecule has 12 heteroatoms. The molecule has 38 heavy (non-hydrogen) atoms. The van der Waals surface area contributed by atoms with Crippen LogP contribution < -0.4 is 21.3 Å². The fourth-order valence-electron chi connectivity index (χ4n) is 4.65. The quantitative estimate of drug-likeness (QED) is 0.385. The van der Waals surface area contributed by atoms with E-state index in [0.29, 0.717) is 32.1 Å². The number of nitrogens with one attached hydrogen (secondary N) is 2. The molecule has 0 radical (unpaired) electrons. The molecule has 4 heterocycles. The lowest BCUT2D eigenvalue weighted by Crippen LogP contribution is -2.48. The first kappa shape index (κ1) is 27.6. The number of benzene rings is 1. The summed E-state index contributed by atoms with van der Waals surface area (Å²) in [7, 11) is 0. The zero-order valence-electron chi connectivity index (χ0n) is 21.2. The molecule has 202 valence electrons. The van der Waals surface area contributed by atoms with Crippen LogP contribution in [0.1, 0.15) is 12.8 Å². The van der Waals surface area contributed by atoms with Gasteiger partial charge < -0.3 is 30.9 Å². The smallest absolute Gasteiger partial charge is 0.223 e. The maximum Gasteiger partial charge on any atom is 0.223 e. The van der Waals surface area contributed by atoms with Gasteiger partial charge in [-0.05, 0) is 18.2 Å². The van der Waals surface area contributed by atoms with E-state index < -0.39 is 5.91 Å². The van der Waals surface area contributed by atoms with Gasteiger partial charge in [-0.25, -0.2) is 9.97 Å². The summed E-state index contributed by atoms with van der Waals surface area (Å²) < 4.78 is 5.80. The van der Waals surface area contributed by atoms with Crippen molar-refractivity contribution >= 4 is 47.8 Å². The van der Waals surface area contributed by atoms with Gasteiger partial charge in [0.25, 0.3) is 0 Å². The number of rotatable bonds is 8. The summed E-state index contributed by atoms with van der Waals surface area (Å²) in [6.07, 6.45) is 3.70. The van der Waals surface area contributed by atoms with Gasteiger partial charge >= 0.3 is 0 Å². The molecule has 2 aliphatic rings. The predicted molar refractivity (Wildman–Crippen MR) is 151 cm³/mol. The Hall–Kier alpha value is -3.48. The Morgan fingerprint density at radius 1 is 1.08 bits per heavy atom. The Kier molecular flexibility index (Phi) is 9.32. The fraction of sp³-hybridized carbons (Fsp3) is 0.423. The highest BCUT2D eigenvalue weighted by Crippen LogP contribution is 2.27. The Morgan fingerprint density at radius 3 is 2.55 bits per heavy atom. The van der Waals surface area contributed by atoms with Crippen molar-refractivity contribution in [3.8, 4) is 11.3 Å². The molecule has 1 aromatic carbocycles. The van der Waals surface area contributed by atoms with Gasteiger partial charge in [-0.2, -0.15) is 13.5 Å². The van der Waals surface area contributed by atoms with Gasteiger partial charge in [0.05, 0.1) is 23.9 Å². The number of nitrogens with two attached hydrogens (primary N) is 1. The Morgan fingerprint density at radius 2 is 1.84 bits per heavy atom. The summed E-state index contributed by atoms with van der Waals surface area (Å²) in [4.78, 5) is 41.2. The predicted octanol–water partition coefficient (Wildman–Crippen LogP) is 1.12. The number of primary amides is 1. The zero-order chi connectivity index (χ0) is 25.6. The molecule has 2 aromatic heterocycles. The van der Waals surface area contributed by atoms with Crippen molar-refractivity contribution < 1.29 is 14.3 Å². The average Bonchev–Trinajstić information content (AvgIpc) is 2.95. The van der Waals surface area contributed by atoms with Gasteiger partial charge in [0.15, 0.2) is 5.82 Å². The van der Waals surface area contributed by atoms with E-state index in [1.807, 2.05) is 6.07 Å². The van der Waals surface area contributed by atoms with E-state index in [2.05, 4.69) is 49.8 Å². The second kappa shape index (κ2) is 12.9. The first-order chi connectivity index (χ1) is 18.1. The molecule has 11 nitrogen and oxygen atoms in total. The summed E-state index contributed by atoms with van der Waals surface area (Å²) in [5.41, 5.74) is 9.56. The number of piperazine rings is 1. The number of morpholine rings is 1. The molecule has 2 fully saturated rings. The van der Waals surface area contributed by atoms with Crippen LogP contribution in [0.15, 0.2) is 42.7 Å². The van der Waals surface area contributed by atoms with E-state index in [1.54, 1.807) is 17.3 Å². The number of nitrogens with zero attached hydrogens (tertiary/aromatic N) is 5. The molecule has 0 spiro atoms. The van der Waals surface area contributed by atoms with Crippen molar-refractivity contribution in [3.05, 3.63) is 42.7 Å². The first-order valence-electron chi connectivity index (χ1n) is 12.7. The van der Waals surface area contributed by atoms with Gasteiger partial charge in [-0.3, -0.25) is 14.6 Å². The highest BCUT2D eigenvalue weighted by molar-refractivity contribution is 7.59. The third-order valence-electron chi connectivity index (χ3n) is 6.70. The first-order valence-corrected chi connectivity index (χ1v) is 12.7. The van der Waals surface area contributed by atoms with Crippen LogP contribution in [0.3, 0.4) is 0 Å². The lowest BCUT2D eigenvalue weighted by Gasteiger charge is -2.36. The van der Waals surface area contributed by atoms with Crippen LogP contribution >= 0.6 is 13.5 Å². The molecule has 0 saturated carbocycles. The summed E-state index contributed by atoms with van der Waals surface area (Å²) in [5.74, 6) is 0.226. The van der Waals surface area contributed by atoms with Gasteiger partial charge in [-0.1, -0.05) is 12.1 Å². The van der Waals surface area contributed by atoms with Crippen LogP contribution in [0.2, 0.25) is 0 Å². The van der Waals surface area contributed by atoms with Crippen LogP contribution in [0, 0.1) is 0 Å². The molecular formula is C26H34N8O3S. The van der Waals surface area contributed by atoms with Crippen LogP contribution in [0.25, 0.3) is 22.3 Å². The van der Waals surface area contributed by atoms with E-state index in [4.69, 9.17) is 15.5 Å². The molecule has 5 rings (SSSR count). The number of anilines is 2. The van der Waals surface area contributed by atoms with Crippen molar-refractivity contribution in [1.82, 2.24) is 25.2 Å². The lowest BCUT2D eigenvalue weighted by atomic mass is 10.1. The number of aromatic nitrogens is 3. The Balaban J connectivity index is 0.00000336. The summed E-state index contributed by atoms with van der Waals surface area (Å²) >= 11 is 0. The minimum Gasteiger partial charge on any atom is -0.374 e. The summed E-state index contributed by atoms with van der Waals surface area (Å²) in [5, 5.41) is 6.76. The molecule has 3 aromatic rings. The van der Waals surface area contributed by atoms with Crippen molar-refractivity contribution in [2.45, 2.75) is 18.9 Å². The van der Waals surface area contributed by atoms with Gasteiger partial charge in [0.1, 0.15) is 5.52 Å². The molecule has 1 atom stereocenters. The number of pyridine rings is 1. The number of ether oxygens (including phenoxy) is 1. The third-order valence-corrected chi connectivity index (χ3v) is 6.70. The van der Waals surface area contributed by atoms with E-state index in [1.165, 1.54) is 0 Å². The molecule has 2 amide bonds. The Labute approximate surface area is 228 Å². The minimum absolute atomic E-state index is 0. The second-order valence-corrected chi connectivity index (χ2v) is 9.24. The highest BCUT2D eigenvalue weighted by atomic mass is 32.1. The third kappa shape index (κ3) is 6.69. The maximum atomic E-state index is 12.3. The topological polar surface area (TPSA) is 139 Å². The molecule has 0 bridgehead atoms. The number of amides is 2. The molecule has 4 N–H and O–H groups in total. The minimum atomic E-state index is -0.446. The SMILES string of the molecule is NC(=O)CCC(=O)N1CCN(c2ccc(-c3cc4nccnc4c(NCC4CNCCO4)n3)cc2)CC1.S. The van der Waals surface area contributed by atoms with E-state index in [-0.39, 0.29) is 38.3 Å². The number of carbonyl (C=O) groups is 2. The standard InChI is InChI=1S/C26H32N8O3.H2S/c27-23(35)5-6-24(36)34-12-10-33(11-13-34)19-3-1-18(2-4-19)21-15-22-25(30-8-7-29-22)26(32-21)31-17-20-16-28-9-14-37-20;/h1-4,7-8,15,20,28H,5-6,9-14,16-17H2,(H2,27,35)(H,31,32);1H2. The normalized spacial score (nSPS) is 17.6. The maximum absolute atomic E-state index is 12.3. The fourth-order valence-corrected chi connectivity index (χ4v) is 4.65. The molecular weight excluding hydrogens is 504 g/mol. The van der Waals surface area contributed by atoms with Gasteiger partial charge in [0, 0.05) is 82.3 Å². The summed E-state index contributed by atoms with van der Waals surface area (Å²) in [6, 6.07) is 10.2. The highest BCUT2D eigenvalue weighted by Gasteiger charge is 2.22. The largest absolute Gasteiger partial charge is 0.374 e. The molecule has 2 saturated heterocycles. The lowest BCUT2D eigenvalue weighted by molar-refractivity contribution is -0.133. The number of hydrogen-bond donors (Lipinski definition) is 3. The van der Waals surface area contributed by atoms with Crippen LogP contribution in [-0.2, 0) is 14.3 Å². The van der Waals surface area contributed by atoms with Crippen molar-refractivity contribution in [2.24, 2.45) is 5.73 Å². The molecule has 0 aliphatic carbocycles. The van der Waals surface area contributed by atoms with Crippen molar-refractivity contribution in [1.29, 1.82) is 0 Å². The van der Waals surface area contributed by atoms with Crippen LogP contribution in [-0.4, -0.2) is 90.2 Å². The average molecular weight is 539 g/mol. The number of hydrogen-bond acceptors (Lipinski definition) is 9. The monoisotopic (exact) mass is 538 g/mol. The van der Waals surface area contributed by atoms with E-state index in [9.17, 15) is 9.59 Å². The molecule has 2 aliphatic heterocycles. The van der Waals surface area contributed by atoms with Crippen molar-refractivity contribution in [3.63, 3.8) is 0 Å². The second-order valence-electron chi connectivity index (χ2n) is 9.24. The van der Waals surface area contributed by atoms with Crippen molar-refractivity contribution in [2.75, 3.05) is 62.6 Å². The van der Waals surface area contributed by atoms with Gasteiger partial charge in [-0.15, -0.1) is 0 Å². The van der Waals surface area contributed by atoms with Gasteiger partial charge in [0.2, 0.25) is 11.8 Å². The number of fused-ring (bicyclic) bond motifs is 1.